The van der Waals surface area contributed by atoms with Crippen molar-refractivity contribution in [1.82, 2.24) is 4.90 Å². The van der Waals surface area contributed by atoms with Crippen molar-refractivity contribution in [2.75, 3.05) is 19.0 Å². The van der Waals surface area contributed by atoms with Gasteiger partial charge in [0.25, 0.3) is 5.91 Å². The number of benzene rings is 3. The maximum Gasteiger partial charge on any atom is 0.253 e. The number of nitrogens with zero attached hydrogens (tertiary/aromatic N) is 2. The van der Waals surface area contributed by atoms with Gasteiger partial charge in [0.15, 0.2) is 0 Å². The Hall–Kier alpha value is -2.75. The van der Waals surface area contributed by atoms with Gasteiger partial charge in [-0.15, -0.1) is 0 Å². The lowest BCUT2D eigenvalue weighted by atomic mass is 9.79. The Morgan fingerprint density at radius 1 is 0.970 bits per heavy atom. The molecule has 1 unspecified atom stereocenters. The molecular formula is C28H28Cl2N2O. The summed E-state index contributed by atoms with van der Waals surface area (Å²) in [6.07, 6.45) is 4.39. The first-order valence-corrected chi connectivity index (χ1v) is 11.9. The van der Waals surface area contributed by atoms with Crippen LogP contribution in [0.15, 0.2) is 85.6 Å². The molecule has 170 valence electrons. The molecule has 0 saturated heterocycles. The Morgan fingerprint density at radius 3 is 2.18 bits per heavy atom. The fraction of sp³-hybridized carbons (Fsp3) is 0.250. The summed E-state index contributed by atoms with van der Waals surface area (Å²) in [5.41, 5.74) is 3.45. The van der Waals surface area contributed by atoms with Gasteiger partial charge in [-0.3, -0.25) is 4.79 Å². The average molecular weight is 479 g/mol. The fourth-order valence-corrected chi connectivity index (χ4v) is 5.62. The number of carbonyl (C=O) groups is 1. The summed E-state index contributed by atoms with van der Waals surface area (Å²) in [6, 6.07) is 24.1. The van der Waals surface area contributed by atoms with Gasteiger partial charge in [-0.25, -0.2) is 0 Å². The van der Waals surface area contributed by atoms with E-state index in [1.807, 2.05) is 30.1 Å². The molecule has 33 heavy (non-hydrogen) atoms. The smallest absolute Gasteiger partial charge is 0.253 e. The van der Waals surface area contributed by atoms with Crippen molar-refractivity contribution in [1.29, 1.82) is 0 Å². The van der Waals surface area contributed by atoms with Crippen molar-refractivity contribution in [3.05, 3.63) is 101 Å². The van der Waals surface area contributed by atoms with Crippen molar-refractivity contribution in [2.24, 2.45) is 0 Å². The first-order valence-electron chi connectivity index (χ1n) is 11.1. The van der Waals surface area contributed by atoms with Crippen LogP contribution in [0.5, 0.6) is 0 Å². The number of rotatable bonds is 6. The minimum atomic E-state index is -0.737. The van der Waals surface area contributed by atoms with Crippen molar-refractivity contribution < 1.29 is 4.79 Å². The maximum atomic E-state index is 14.1. The van der Waals surface area contributed by atoms with Gasteiger partial charge < -0.3 is 9.80 Å². The second-order valence-corrected chi connectivity index (χ2v) is 9.52. The molecule has 3 aromatic carbocycles. The molecule has 3 aromatic rings. The molecule has 0 radical (unpaired) electrons. The molecule has 0 spiro atoms. The third-order valence-electron chi connectivity index (χ3n) is 6.86. The molecule has 1 saturated carbocycles. The molecule has 1 fully saturated rings. The van der Waals surface area contributed by atoms with Gasteiger partial charge in [-0.1, -0.05) is 84.4 Å². The highest BCUT2D eigenvalue weighted by Crippen LogP contribution is 2.48. The predicted octanol–water partition coefficient (Wildman–Crippen LogP) is 7.41. The quantitative estimate of drug-likeness (QED) is 0.368. The number of anilines is 1. The molecule has 3 nitrogen and oxygen atoms in total. The molecule has 0 aliphatic heterocycles. The van der Waals surface area contributed by atoms with Gasteiger partial charge in [-0.05, 0) is 60.4 Å². The molecule has 2 atom stereocenters. The summed E-state index contributed by atoms with van der Waals surface area (Å²) in [4.78, 5) is 17.8. The lowest BCUT2D eigenvalue weighted by Gasteiger charge is -2.44. The summed E-state index contributed by atoms with van der Waals surface area (Å²) < 4.78 is 0. The number of hydrogen-bond acceptors (Lipinski definition) is 2. The molecule has 4 rings (SSSR count). The second-order valence-electron chi connectivity index (χ2n) is 8.64. The van der Waals surface area contributed by atoms with Crippen LogP contribution in [-0.2, 0) is 4.79 Å². The van der Waals surface area contributed by atoms with Crippen LogP contribution in [-0.4, -0.2) is 30.4 Å². The van der Waals surface area contributed by atoms with Crippen LogP contribution in [0.4, 0.5) is 5.69 Å². The van der Waals surface area contributed by atoms with Crippen LogP contribution >= 0.6 is 23.2 Å². The minimum absolute atomic E-state index is 0.0119. The zero-order chi connectivity index (χ0) is 23.6. The SMILES string of the molecule is C=CN(C)C1(C(=O)N(C)c2cc(Cl)cc(Cl)c2)CCC[C@H]1c1ccc(-c2ccccc2)cc1. The van der Waals surface area contributed by atoms with Crippen LogP contribution in [0.25, 0.3) is 11.1 Å². The largest absolute Gasteiger partial charge is 0.366 e. The number of amides is 1. The molecule has 5 heteroatoms. The Balaban J connectivity index is 1.72. The van der Waals surface area contributed by atoms with Crippen LogP contribution in [0.2, 0.25) is 10.0 Å². The number of halogens is 2. The molecule has 1 aliphatic rings. The Kier molecular flexibility index (Phi) is 6.83. The van der Waals surface area contributed by atoms with E-state index < -0.39 is 5.54 Å². The predicted molar refractivity (Wildman–Crippen MR) is 139 cm³/mol. The normalized spacial score (nSPS) is 19.8. The van der Waals surface area contributed by atoms with Crippen LogP contribution in [0.1, 0.15) is 30.7 Å². The summed E-state index contributed by atoms with van der Waals surface area (Å²) >= 11 is 12.4. The van der Waals surface area contributed by atoms with Gasteiger partial charge in [-0.2, -0.15) is 0 Å². The van der Waals surface area contributed by atoms with E-state index in [4.69, 9.17) is 23.2 Å². The average Bonchev–Trinajstić information content (AvgIpc) is 3.28. The highest BCUT2D eigenvalue weighted by Gasteiger charge is 2.53. The second kappa shape index (κ2) is 9.62. The zero-order valence-electron chi connectivity index (χ0n) is 19.0. The molecule has 0 heterocycles. The van der Waals surface area contributed by atoms with Gasteiger partial charge in [0, 0.05) is 35.7 Å². The van der Waals surface area contributed by atoms with Crippen LogP contribution < -0.4 is 4.90 Å². The topological polar surface area (TPSA) is 23.6 Å². The van der Waals surface area contributed by atoms with E-state index in [-0.39, 0.29) is 11.8 Å². The third kappa shape index (κ3) is 4.40. The summed E-state index contributed by atoms with van der Waals surface area (Å²) in [6.45, 7) is 3.99. The monoisotopic (exact) mass is 478 g/mol. The number of likely N-dealkylation sites (N-methyl/N-ethyl adjacent to an activating group) is 2. The molecule has 0 aromatic heterocycles. The highest BCUT2D eigenvalue weighted by atomic mass is 35.5. The van der Waals surface area contributed by atoms with E-state index in [9.17, 15) is 4.79 Å². The number of hydrogen-bond donors (Lipinski definition) is 0. The zero-order valence-corrected chi connectivity index (χ0v) is 20.5. The van der Waals surface area contributed by atoms with Crippen molar-refractivity contribution in [3.63, 3.8) is 0 Å². The maximum absolute atomic E-state index is 14.1. The van der Waals surface area contributed by atoms with E-state index in [0.717, 1.165) is 30.4 Å². The molecule has 1 amide bonds. The van der Waals surface area contributed by atoms with Gasteiger partial charge in [0.2, 0.25) is 0 Å². The highest BCUT2D eigenvalue weighted by molar-refractivity contribution is 6.35. The van der Waals surface area contributed by atoms with Crippen molar-refractivity contribution >= 4 is 34.8 Å². The first kappa shape index (κ1) is 23.4. The Bertz CT molecular complexity index is 1130. The van der Waals surface area contributed by atoms with E-state index in [1.165, 1.54) is 5.56 Å². The van der Waals surface area contributed by atoms with Gasteiger partial charge in [0.1, 0.15) is 5.54 Å². The lowest BCUT2D eigenvalue weighted by molar-refractivity contribution is -0.128. The summed E-state index contributed by atoms with van der Waals surface area (Å²) in [5.74, 6) is 0.0489. The molecule has 1 aliphatic carbocycles. The molecule has 0 bridgehead atoms. The minimum Gasteiger partial charge on any atom is -0.366 e. The van der Waals surface area contributed by atoms with E-state index >= 15 is 0 Å². The standard InChI is InChI=1S/C28H28Cl2N2O/c1-4-31(2)28(27(33)32(3)25-18-23(29)17-24(30)19-25)16-8-11-26(28)22-14-12-21(13-15-22)20-9-6-5-7-10-20/h4-7,9-10,12-15,17-19,26H,1,8,11,16H2,2-3H3/t26-,28?/m0/s1. The van der Waals surface area contributed by atoms with Crippen LogP contribution in [0, 0.1) is 0 Å². The van der Waals surface area contributed by atoms with Gasteiger partial charge in [0.05, 0.1) is 0 Å². The summed E-state index contributed by atoms with van der Waals surface area (Å²) in [7, 11) is 3.73. The number of carbonyl (C=O) groups excluding carboxylic acids is 1. The Morgan fingerprint density at radius 2 is 1.58 bits per heavy atom. The third-order valence-corrected chi connectivity index (χ3v) is 7.30. The van der Waals surface area contributed by atoms with E-state index in [2.05, 4.69) is 43.0 Å². The van der Waals surface area contributed by atoms with E-state index in [0.29, 0.717) is 15.7 Å². The van der Waals surface area contributed by atoms with E-state index in [1.54, 1.807) is 36.3 Å². The van der Waals surface area contributed by atoms with Crippen molar-refractivity contribution in [3.8, 4) is 11.1 Å². The molecular weight excluding hydrogens is 451 g/mol. The van der Waals surface area contributed by atoms with Crippen molar-refractivity contribution in [2.45, 2.75) is 30.7 Å². The van der Waals surface area contributed by atoms with Gasteiger partial charge >= 0.3 is 0 Å². The lowest BCUT2D eigenvalue weighted by Crippen LogP contribution is -2.57. The molecule has 0 N–H and O–H groups in total. The van der Waals surface area contributed by atoms with Crippen LogP contribution in [0.3, 0.4) is 0 Å². The first-order chi connectivity index (χ1) is 15.9. The Labute approximate surface area is 206 Å². The summed E-state index contributed by atoms with van der Waals surface area (Å²) in [5, 5.41) is 1.01. The fourth-order valence-electron chi connectivity index (χ4n) is 5.10.